The van der Waals surface area contributed by atoms with Gasteiger partial charge in [-0.1, -0.05) is 0 Å². The Morgan fingerprint density at radius 2 is 1.94 bits per heavy atom. The molecule has 0 bridgehead atoms. The summed E-state index contributed by atoms with van der Waals surface area (Å²) in [6, 6.07) is 10.1. The number of halogens is 1. The van der Waals surface area contributed by atoms with Gasteiger partial charge in [0.25, 0.3) is 15.9 Å². The second kappa shape index (κ2) is 8.48. The number of amides is 1. The van der Waals surface area contributed by atoms with E-state index in [1.807, 2.05) is 0 Å². The van der Waals surface area contributed by atoms with Gasteiger partial charge in [0.15, 0.2) is 0 Å². The van der Waals surface area contributed by atoms with Crippen LogP contribution in [0, 0.1) is 5.82 Å². The van der Waals surface area contributed by atoms with E-state index in [9.17, 15) is 22.4 Å². The van der Waals surface area contributed by atoms with Crippen molar-refractivity contribution in [2.45, 2.75) is 23.8 Å². The Balaban J connectivity index is 1.66. The van der Waals surface area contributed by atoms with Crippen molar-refractivity contribution in [1.29, 1.82) is 0 Å². The normalized spacial score (nSPS) is 16.4. The molecule has 1 saturated heterocycles. The molecule has 1 aliphatic heterocycles. The highest BCUT2D eigenvalue weighted by Crippen LogP contribution is 2.23. The first kappa shape index (κ1) is 21.0. The van der Waals surface area contributed by atoms with Crippen molar-refractivity contribution < 1.29 is 22.3 Å². The second-order valence-corrected chi connectivity index (χ2v) is 8.89. The minimum Gasteiger partial charge on any atom is -0.376 e. The number of benzene rings is 2. The van der Waals surface area contributed by atoms with E-state index in [1.165, 1.54) is 30.3 Å². The average Bonchev–Trinajstić information content (AvgIpc) is 3.26. The van der Waals surface area contributed by atoms with Gasteiger partial charge < -0.3 is 15.0 Å². The summed E-state index contributed by atoms with van der Waals surface area (Å²) in [6.45, 7) is 0.952. The van der Waals surface area contributed by atoms with Crippen LogP contribution >= 0.6 is 0 Å². The highest BCUT2D eigenvalue weighted by molar-refractivity contribution is 7.92. The summed E-state index contributed by atoms with van der Waals surface area (Å²) in [4.78, 5) is 27.2. The number of carbonyl (C=O) groups excluding carboxylic acids is 1. The summed E-state index contributed by atoms with van der Waals surface area (Å²) in [6.07, 6.45) is 1.69. The average molecular weight is 445 g/mol. The molecule has 1 aromatic heterocycles. The number of anilines is 1. The van der Waals surface area contributed by atoms with Gasteiger partial charge in [-0.25, -0.2) is 12.8 Å². The van der Waals surface area contributed by atoms with E-state index in [1.54, 1.807) is 0 Å². The topological polar surface area (TPSA) is 117 Å². The van der Waals surface area contributed by atoms with Crippen LogP contribution in [-0.2, 0) is 14.8 Å². The van der Waals surface area contributed by atoms with Crippen LogP contribution in [0.25, 0.3) is 10.9 Å². The smallest absolute Gasteiger partial charge is 0.261 e. The summed E-state index contributed by atoms with van der Waals surface area (Å²) >= 11 is 0. The molecule has 0 unspecified atom stereocenters. The molecule has 0 spiro atoms. The number of hydrogen-bond acceptors (Lipinski definition) is 5. The molecule has 162 valence electrons. The van der Waals surface area contributed by atoms with Crippen LogP contribution in [0.1, 0.15) is 23.2 Å². The molecule has 1 fully saturated rings. The summed E-state index contributed by atoms with van der Waals surface area (Å²) in [5, 5.41) is 3.03. The van der Waals surface area contributed by atoms with Gasteiger partial charge in [0.05, 0.1) is 16.6 Å². The monoisotopic (exact) mass is 445 g/mol. The molecular formula is C21H20FN3O5S. The standard InChI is InChI=1S/C21H20FN3O5S/c22-13-3-5-14(6-4-13)25-31(28,29)16-7-8-19-17(10-16)18(11-20(26)24-19)21(27)23-12-15-2-1-9-30-15/h3-8,10-11,15,25H,1-2,9,12H2,(H,23,27)(H,24,26)/t15-/m0/s1. The molecule has 3 N–H and O–H groups in total. The molecule has 1 aliphatic rings. The van der Waals surface area contributed by atoms with E-state index in [2.05, 4.69) is 15.0 Å². The van der Waals surface area contributed by atoms with E-state index >= 15 is 0 Å². The van der Waals surface area contributed by atoms with E-state index < -0.39 is 27.3 Å². The van der Waals surface area contributed by atoms with Crippen LogP contribution < -0.4 is 15.6 Å². The molecule has 10 heteroatoms. The fraction of sp³-hybridized carbons (Fsp3) is 0.238. The maximum Gasteiger partial charge on any atom is 0.261 e. The van der Waals surface area contributed by atoms with E-state index in [4.69, 9.17) is 4.74 Å². The lowest BCUT2D eigenvalue weighted by Crippen LogP contribution is -2.32. The Kier molecular flexibility index (Phi) is 5.75. The number of sulfonamides is 1. The van der Waals surface area contributed by atoms with Gasteiger partial charge in [0.2, 0.25) is 5.56 Å². The Bertz CT molecular complexity index is 1280. The second-order valence-electron chi connectivity index (χ2n) is 7.21. The maximum atomic E-state index is 13.1. The van der Waals surface area contributed by atoms with Crippen LogP contribution in [0.2, 0.25) is 0 Å². The number of H-pyrrole nitrogens is 1. The van der Waals surface area contributed by atoms with Crippen molar-refractivity contribution in [3.63, 3.8) is 0 Å². The molecule has 1 amide bonds. The number of rotatable bonds is 6. The van der Waals surface area contributed by atoms with Crippen LogP contribution in [0.3, 0.4) is 0 Å². The number of ether oxygens (including phenoxy) is 1. The lowest BCUT2D eigenvalue weighted by molar-refractivity contribution is 0.0859. The van der Waals surface area contributed by atoms with Crippen LogP contribution in [0.5, 0.6) is 0 Å². The number of carbonyl (C=O) groups is 1. The number of hydrogen-bond donors (Lipinski definition) is 3. The Morgan fingerprint density at radius 1 is 1.16 bits per heavy atom. The first-order valence-electron chi connectivity index (χ1n) is 9.67. The predicted molar refractivity (Wildman–Crippen MR) is 113 cm³/mol. The van der Waals surface area contributed by atoms with Crippen molar-refractivity contribution in [1.82, 2.24) is 10.3 Å². The van der Waals surface area contributed by atoms with Crippen molar-refractivity contribution >= 4 is 32.5 Å². The van der Waals surface area contributed by atoms with E-state index in [-0.39, 0.29) is 27.6 Å². The highest BCUT2D eigenvalue weighted by atomic mass is 32.2. The molecule has 1 atom stereocenters. The molecule has 0 aliphatic carbocycles. The van der Waals surface area contributed by atoms with Gasteiger partial charge in [-0.2, -0.15) is 0 Å². The molecule has 31 heavy (non-hydrogen) atoms. The lowest BCUT2D eigenvalue weighted by Gasteiger charge is -2.13. The summed E-state index contributed by atoms with van der Waals surface area (Å²) in [5.74, 6) is -0.982. The molecule has 3 aromatic rings. The Morgan fingerprint density at radius 3 is 2.65 bits per heavy atom. The fourth-order valence-corrected chi connectivity index (χ4v) is 4.51. The first-order valence-corrected chi connectivity index (χ1v) is 11.2. The largest absolute Gasteiger partial charge is 0.376 e. The molecule has 8 nitrogen and oxygen atoms in total. The molecule has 4 rings (SSSR count). The van der Waals surface area contributed by atoms with Gasteiger partial charge in [-0.3, -0.25) is 14.3 Å². The number of aromatic nitrogens is 1. The van der Waals surface area contributed by atoms with Crippen LogP contribution in [-0.4, -0.2) is 38.6 Å². The number of pyridine rings is 1. The number of fused-ring (bicyclic) bond motifs is 1. The minimum atomic E-state index is -4.01. The van der Waals surface area contributed by atoms with Crippen LogP contribution in [0.15, 0.2) is 58.2 Å². The third-order valence-corrected chi connectivity index (χ3v) is 6.36. The van der Waals surface area contributed by atoms with Gasteiger partial charge in [-0.05, 0) is 55.3 Å². The van der Waals surface area contributed by atoms with Gasteiger partial charge in [-0.15, -0.1) is 0 Å². The third-order valence-electron chi connectivity index (χ3n) is 4.98. The molecule has 0 radical (unpaired) electrons. The van der Waals surface area contributed by atoms with Gasteiger partial charge in [0.1, 0.15) is 5.82 Å². The zero-order chi connectivity index (χ0) is 22.0. The highest BCUT2D eigenvalue weighted by Gasteiger charge is 2.20. The van der Waals surface area contributed by atoms with Crippen molar-refractivity contribution in [3.8, 4) is 0 Å². The lowest BCUT2D eigenvalue weighted by atomic mass is 10.1. The summed E-state index contributed by atoms with van der Waals surface area (Å²) < 4.78 is 46.5. The summed E-state index contributed by atoms with van der Waals surface area (Å²) in [7, 11) is -4.01. The van der Waals surface area contributed by atoms with Crippen molar-refractivity contribution in [3.05, 3.63) is 70.3 Å². The molecule has 2 aromatic carbocycles. The number of nitrogens with one attached hydrogen (secondary N) is 3. The zero-order valence-electron chi connectivity index (χ0n) is 16.4. The maximum absolute atomic E-state index is 13.1. The van der Waals surface area contributed by atoms with E-state index in [0.29, 0.717) is 18.7 Å². The quantitative estimate of drug-likeness (QED) is 0.539. The fourth-order valence-electron chi connectivity index (χ4n) is 3.43. The predicted octanol–water partition coefficient (Wildman–Crippen LogP) is 2.38. The zero-order valence-corrected chi connectivity index (χ0v) is 17.2. The minimum absolute atomic E-state index is 0.0654. The third kappa shape index (κ3) is 4.75. The molecule has 0 saturated carbocycles. The van der Waals surface area contributed by atoms with Gasteiger partial charge >= 0.3 is 0 Å². The SMILES string of the molecule is O=C(NC[C@@H]1CCCO1)c1cc(=O)[nH]c2ccc(S(=O)(=O)Nc3ccc(F)cc3)cc12. The molecule has 2 heterocycles. The summed E-state index contributed by atoms with van der Waals surface area (Å²) in [5.41, 5.74) is 0.110. The Hall–Kier alpha value is -3.24. The Labute approximate surface area is 177 Å². The van der Waals surface area contributed by atoms with E-state index in [0.717, 1.165) is 31.0 Å². The van der Waals surface area contributed by atoms with Crippen LogP contribution in [0.4, 0.5) is 10.1 Å². The first-order chi connectivity index (χ1) is 14.8. The van der Waals surface area contributed by atoms with Crippen molar-refractivity contribution in [2.24, 2.45) is 0 Å². The number of aromatic amines is 1. The molecular weight excluding hydrogens is 425 g/mol. The van der Waals surface area contributed by atoms with Gasteiger partial charge in [0, 0.05) is 35.8 Å². The van der Waals surface area contributed by atoms with Crippen molar-refractivity contribution in [2.75, 3.05) is 17.9 Å².